The molecule has 1 aliphatic rings. The monoisotopic (exact) mass is 338 g/mol. The van der Waals surface area contributed by atoms with Crippen LogP contribution < -0.4 is 9.04 Å². The quantitative estimate of drug-likeness (QED) is 0.414. The molecule has 0 fully saturated rings. The molecule has 0 amide bonds. The van der Waals surface area contributed by atoms with Crippen LogP contribution in [0.5, 0.6) is 5.75 Å². The SMILES string of the molecule is COc1ccc(N(C2=C(CCOC=O)CCCC2)S(=O)[O-])cc1. The van der Waals surface area contributed by atoms with Gasteiger partial charge in [-0.25, -0.2) is 0 Å². The molecule has 0 saturated heterocycles. The fraction of sp³-hybridized carbons (Fsp3) is 0.438. The second kappa shape index (κ2) is 8.69. The normalized spacial score (nSPS) is 15.9. The largest absolute Gasteiger partial charge is 0.755 e. The minimum Gasteiger partial charge on any atom is -0.755 e. The zero-order chi connectivity index (χ0) is 16.7. The first-order chi connectivity index (χ1) is 11.2. The maximum Gasteiger partial charge on any atom is 0.293 e. The van der Waals surface area contributed by atoms with Crippen LogP contribution in [-0.2, 0) is 20.8 Å². The number of rotatable bonds is 8. The van der Waals surface area contributed by atoms with Crippen LogP contribution in [0.25, 0.3) is 0 Å². The molecule has 0 saturated carbocycles. The van der Waals surface area contributed by atoms with E-state index in [9.17, 15) is 13.6 Å². The van der Waals surface area contributed by atoms with Crippen molar-refractivity contribution in [1.29, 1.82) is 0 Å². The first-order valence-corrected chi connectivity index (χ1v) is 8.50. The number of carbonyl (C=O) groups is 1. The third-order valence-electron chi connectivity index (χ3n) is 3.84. The lowest BCUT2D eigenvalue weighted by molar-refractivity contribution is -0.128. The summed E-state index contributed by atoms with van der Waals surface area (Å²) in [4.78, 5) is 10.3. The molecule has 1 aromatic rings. The lowest BCUT2D eigenvalue weighted by atomic mass is 9.94. The summed E-state index contributed by atoms with van der Waals surface area (Å²) in [7, 11) is 1.56. The molecule has 7 heteroatoms. The van der Waals surface area contributed by atoms with Crippen molar-refractivity contribution in [3.63, 3.8) is 0 Å². The number of hydrogen-bond donors (Lipinski definition) is 0. The van der Waals surface area contributed by atoms with E-state index in [1.807, 2.05) is 0 Å². The zero-order valence-corrected chi connectivity index (χ0v) is 13.8. The van der Waals surface area contributed by atoms with Gasteiger partial charge >= 0.3 is 0 Å². The van der Waals surface area contributed by atoms with Crippen LogP contribution >= 0.6 is 0 Å². The van der Waals surface area contributed by atoms with E-state index in [0.29, 0.717) is 30.8 Å². The van der Waals surface area contributed by atoms with E-state index < -0.39 is 11.3 Å². The number of anilines is 1. The van der Waals surface area contributed by atoms with Gasteiger partial charge in [-0.15, -0.1) is 0 Å². The predicted molar refractivity (Wildman–Crippen MR) is 86.5 cm³/mol. The highest BCUT2D eigenvalue weighted by molar-refractivity contribution is 7.80. The van der Waals surface area contributed by atoms with E-state index in [0.717, 1.165) is 30.5 Å². The highest BCUT2D eigenvalue weighted by atomic mass is 32.2. The zero-order valence-electron chi connectivity index (χ0n) is 13.0. The van der Waals surface area contributed by atoms with Crippen LogP contribution in [0.3, 0.4) is 0 Å². The second-order valence-electron chi connectivity index (χ2n) is 5.18. The molecule has 0 N–H and O–H groups in total. The predicted octanol–water partition coefficient (Wildman–Crippen LogP) is 2.69. The van der Waals surface area contributed by atoms with Crippen molar-refractivity contribution in [2.24, 2.45) is 0 Å². The van der Waals surface area contributed by atoms with E-state index >= 15 is 0 Å². The van der Waals surface area contributed by atoms with Crippen molar-refractivity contribution < 1.29 is 23.0 Å². The number of benzene rings is 1. The number of allylic oxidation sites excluding steroid dienone is 1. The average Bonchev–Trinajstić information content (AvgIpc) is 2.57. The van der Waals surface area contributed by atoms with Crippen LogP contribution in [0, 0.1) is 0 Å². The molecular weight excluding hydrogens is 318 g/mol. The number of hydrogen-bond acceptors (Lipinski definition) is 5. The molecule has 23 heavy (non-hydrogen) atoms. The van der Waals surface area contributed by atoms with Gasteiger partial charge in [-0.2, -0.15) is 0 Å². The number of ether oxygens (including phenoxy) is 2. The molecule has 0 aromatic heterocycles. The lowest BCUT2D eigenvalue weighted by Crippen LogP contribution is -2.27. The minimum absolute atomic E-state index is 0.268. The van der Waals surface area contributed by atoms with E-state index in [-0.39, 0.29) is 6.61 Å². The van der Waals surface area contributed by atoms with Crippen molar-refractivity contribution in [2.45, 2.75) is 32.1 Å². The van der Waals surface area contributed by atoms with E-state index in [1.165, 1.54) is 4.31 Å². The number of nitrogens with zero attached hydrogens (tertiary/aromatic N) is 1. The fourth-order valence-electron chi connectivity index (χ4n) is 2.75. The smallest absolute Gasteiger partial charge is 0.293 e. The summed E-state index contributed by atoms with van der Waals surface area (Å²) in [5.74, 6) is 0.669. The van der Waals surface area contributed by atoms with E-state index in [4.69, 9.17) is 9.47 Å². The third-order valence-corrected chi connectivity index (χ3v) is 4.57. The highest BCUT2D eigenvalue weighted by Crippen LogP contribution is 2.34. The Kier molecular flexibility index (Phi) is 6.61. The summed E-state index contributed by atoms with van der Waals surface area (Å²) in [6, 6.07) is 6.90. The summed E-state index contributed by atoms with van der Waals surface area (Å²) >= 11 is -2.41. The van der Waals surface area contributed by atoms with Gasteiger partial charge in [0.15, 0.2) is 0 Å². The molecule has 6 nitrogen and oxygen atoms in total. The van der Waals surface area contributed by atoms with Gasteiger partial charge in [0.1, 0.15) is 5.75 Å². The van der Waals surface area contributed by atoms with Gasteiger partial charge in [-0.3, -0.25) is 13.3 Å². The maximum absolute atomic E-state index is 11.8. The molecule has 0 bridgehead atoms. The molecule has 0 radical (unpaired) electrons. The van der Waals surface area contributed by atoms with Crippen LogP contribution in [0.4, 0.5) is 5.69 Å². The Morgan fingerprint density at radius 3 is 2.57 bits per heavy atom. The van der Waals surface area contributed by atoms with Gasteiger partial charge in [0.05, 0.1) is 30.7 Å². The van der Waals surface area contributed by atoms with Gasteiger partial charge in [0.2, 0.25) is 0 Å². The van der Waals surface area contributed by atoms with Crippen molar-refractivity contribution in [3.05, 3.63) is 35.5 Å². The summed E-state index contributed by atoms with van der Waals surface area (Å²) in [5.41, 5.74) is 2.38. The van der Waals surface area contributed by atoms with E-state index in [1.54, 1.807) is 31.4 Å². The molecule has 0 aliphatic heterocycles. The summed E-state index contributed by atoms with van der Waals surface area (Å²) in [6.07, 6.45) is 4.02. The van der Waals surface area contributed by atoms with Gasteiger partial charge < -0.3 is 14.0 Å². The Balaban J connectivity index is 2.32. The molecule has 126 valence electrons. The minimum atomic E-state index is -2.41. The van der Waals surface area contributed by atoms with Gasteiger partial charge in [0.25, 0.3) is 6.47 Å². The number of carbonyl (C=O) groups excluding carboxylic acids is 1. The molecule has 0 heterocycles. The Hall–Kier alpha value is -1.86. The molecule has 2 rings (SSSR count). The highest BCUT2D eigenvalue weighted by Gasteiger charge is 2.21. The molecule has 1 unspecified atom stereocenters. The van der Waals surface area contributed by atoms with Crippen LogP contribution in [0.15, 0.2) is 35.5 Å². The topological polar surface area (TPSA) is 78.9 Å². The first-order valence-electron chi connectivity index (χ1n) is 7.47. The standard InChI is InChI=1S/C16H21NO5S/c1-21-15-8-6-14(7-9-15)17(23(19)20)16-5-3-2-4-13(16)10-11-22-12-18/h6-9,12H,2-5,10-11H2,1H3,(H,19,20)/p-1. The Labute approximate surface area is 138 Å². The van der Waals surface area contributed by atoms with Gasteiger partial charge in [-0.1, -0.05) is 0 Å². The molecule has 1 aromatic carbocycles. The Morgan fingerprint density at radius 2 is 1.96 bits per heavy atom. The second-order valence-corrected chi connectivity index (χ2v) is 5.98. The summed E-state index contributed by atoms with van der Waals surface area (Å²) in [5, 5.41) is 0. The van der Waals surface area contributed by atoms with Crippen molar-refractivity contribution in [3.8, 4) is 5.75 Å². The maximum atomic E-state index is 11.8. The lowest BCUT2D eigenvalue weighted by Gasteiger charge is -2.33. The van der Waals surface area contributed by atoms with Gasteiger partial charge in [0, 0.05) is 12.1 Å². The summed E-state index contributed by atoms with van der Waals surface area (Å²) < 4.78 is 34.8. The summed E-state index contributed by atoms with van der Waals surface area (Å²) in [6.45, 7) is 0.681. The third kappa shape index (κ3) is 4.56. The van der Waals surface area contributed by atoms with Gasteiger partial charge in [-0.05, 0) is 55.5 Å². The molecule has 1 atom stereocenters. The molecule has 0 spiro atoms. The average molecular weight is 338 g/mol. The Morgan fingerprint density at radius 1 is 1.26 bits per heavy atom. The molecular formula is C16H20NO5S-. The van der Waals surface area contributed by atoms with Crippen LogP contribution in [-0.4, -0.2) is 29.0 Å². The van der Waals surface area contributed by atoms with Crippen molar-refractivity contribution in [1.82, 2.24) is 0 Å². The molecule has 1 aliphatic carbocycles. The first kappa shape index (κ1) is 17.5. The fourth-order valence-corrected chi connectivity index (χ4v) is 3.44. The number of methoxy groups -OCH3 is 1. The van der Waals surface area contributed by atoms with Crippen LogP contribution in [0.2, 0.25) is 0 Å². The Bertz CT molecular complexity index is 585. The van der Waals surface area contributed by atoms with Crippen molar-refractivity contribution in [2.75, 3.05) is 18.0 Å². The van der Waals surface area contributed by atoms with Crippen LogP contribution in [0.1, 0.15) is 32.1 Å². The van der Waals surface area contributed by atoms with Crippen molar-refractivity contribution >= 4 is 23.4 Å². The van der Waals surface area contributed by atoms with E-state index in [2.05, 4.69) is 0 Å².